The van der Waals surface area contributed by atoms with Crippen molar-refractivity contribution in [3.05, 3.63) is 221 Å². The molecule has 4 nitrogen and oxygen atoms in total. The average Bonchev–Trinajstić information content (AvgIpc) is 4.18. The van der Waals surface area contributed by atoms with Crippen LogP contribution >= 0.6 is 0 Å². The van der Waals surface area contributed by atoms with E-state index in [1.165, 1.54) is 0 Å². The van der Waals surface area contributed by atoms with Gasteiger partial charge in [-0.1, -0.05) is 12.2 Å². The number of benzene rings is 4. The topological polar surface area (TPSA) is 55.6 Å². The maximum atomic E-state index is 15.8. The van der Waals surface area contributed by atoms with Crippen molar-refractivity contribution in [1.29, 1.82) is 0 Å². The van der Waals surface area contributed by atoms with Crippen molar-refractivity contribution >= 4 is 22.3 Å². The van der Waals surface area contributed by atoms with E-state index in [1.54, 1.807) is 0 Å². The third-order valence-corrected chi connectivity index (χ3v) is 11.1. The fourth-order valence-electron chi connectivity index (χ4n) is 8.03. The molecule has 4 aromatic carbocycles. The number of hydrogen-bond donors (Lipinski definition) is 4. The van der Waals surface area contributed by atoms with Crippen LogP contribution < -0.4 is 21.3 Å². The first kappa shape index (κ1) is 45.5. The minimum atomic E-state index is -2.69. The standard InChI is InChI=1S/C44H14F20N4/c45-25-21(26(46)34(54)41(61)33(25)53)17-9-1-2-10(65-9)18(22-27(47)35(55)42(62)36(56)28(22)48)12-5-6-14(67-12)20(24-31(51)39(59)44(64)40(60)32(24)52)16-8-7-15(68-16)19(13-4-3-11(17)66-13)23-29(49)37(57)43(63)38(58)30(23)50/h1-9,15,65-68H. The van der Waals surface area contributed by atoms with E-state index in [-0.39, 0.29) is 0 Å². The van der Waals surface area contributed by atoms with Gasteiger partial charge in [0.25, 0.3) is 0 Å². The molecule has 0 saturated heterocycles. The van der Waals surface area contributed by atoms with Crippen molar-refractivity contribution in [2.75, 3.05) is 0 Å². The molecule has 2 aromatic heterocycles. The molecule has 4 N–H and O–H groups in total. The molecular formula is C44H14F20N4. The molecule has 3 aliphatic rings. The van der Waals surface area contributed by atoms with Gasteiger partial charge in [-0.25, -0.2) is 87.8 Å². The van der Waals surface area contributed by atoms with Crippen LogP contribution in [0.15, 0.2) is 60.0 Å². The summed E-state index contributed by atoms with van der Waals surface area (Å²) in [5, 5.41) is 3.03. The lowest BCUT2D eigenvalue weighted by Crippen LogP contribution is -2.33. The number of hydrogen-bond acceptors (Lipinski definition) is 2. The Labute approximate surface area is 363 Å². The Hall–Kier alpha value is -7.66. The molecule has 3 aliphatic heterocycles. The zero-order valence-electron chi connectivity index (χ0n) is 32.3. The van der Waals surface area contributed by atoms with Gasteiger partial charge in [0.15, 0.2) is 93.1 Å². The highest BCUT2D eigenvalue weighted by molar-refractivity contribution is 5.89. The maximum absolute atomic E-state index is 15.8. The van der Waals surface area contributed by atoms with Crippen molar-refractivity contribution in [1.82, 2.24) is 20.6 Å². The summed E-state index contributed by atoms with van der Waals surface area (Å²) in [6, 6.07) is -1.42. The first-order valence-electron chi connectivity index (χ1n) is 18.7. The van der Waals surface area contributed by atoms with E-state index in [1.807, 2.05) is 0 Å². The molecule has 5 heterocycles. The summed E-state index contributed by atoms with van der Waals surface area (Å²) in [6.45, 7) is 0. The van der Waals surface area contributed by atoms with Crippen molar-refractivity contribution in [3.8, 4) is 0 Å². The Bertz CT molecular complexity index is 3200. The Morgan fingerprint density at radius 3 is 0.809 bits per heavy atom. The molecule has 9 rings (SSSR count). The Kier molecular flexibility index (Phi) is 10.7. The second kappa shape index (κ2) is 16.0. The molecule has 0 spiro atoms. The van der Waals surface area contributed by atoms with Crippen molar-refractivity contribution in [2.24, 2.45) is 0 Å². The van der Waals surface area contributed by atoms with Gasteiger partial charge in [0.05, 0.1) is 34.3 Å². The van der Waals surface area contributed by atoms with Gasteiger partial charge < -0.3 is 20.6 Å². The molecule has 0 aliphatic carbocycles. The SMILES string of the molecule is Fc1c(F)c(F)c(C2=C3C=CC(N3)C(c3c(F)c(F)c(F)c(F)c3F)=c3ccc([nH]3)=C(c3c(F)c(F)c(F)c(F)c3F)C3C=CC(=C(c4c(F)c(F)c(F)c(F)c4F)c4ccc2[nH]4)N3)c(F)c1F. The minimum Gasteiger partial charge on any atom is -0.374 e. The van der Waals surface area contributed by atoms with Gasteiger partial charge in [0.2, 0.25) is 23.3 Å². The van der Waals surface area contributed by atoms with Gasteiger partial charge in [-0.15, -0.1) is 0 Å². The van der Waals surface area contributed by atoms with Crippen LogP contribution in [0.2, 0.25) is 0 Å². The lowest BCUT2D eigenvalue weighted by atomic mass is 9.96. The van der Waals surface area contributed by atoms with Crippen LogP contribution in [0.5, 0.6) is 0 Å². The molecule has 0 radical (unpaired) electrons. The Morgan fingerprint density at radius 2 is 0.529 bits per heavy atom. The fraction of sp³-hybridized carbons (Fsp3) is 0.0455. The van der Waals surface area contributed by atoms with E-state index in [2.05, 4.69) is 20.6 Å². The number of allylic oxidation sites excluding steroid dienone is 2. The monoisotopic (exact) mass is 978 g/mol. The molecular weight excluding hydrogens is 964 g/mol. The predicted octanol–water partition coefficient (Wildman–Crippen LogP) is 9.81. The molecule has 6 aromatic rings. The smallest absolute Gasteiger partial charge is 0.200 e. The second-order valence-corrected chi connectivity index (χ2v) is 14.7. The fourth-order valence-corrected chi connectivity index (χ4v) is 8.03. The van der Waals surface area contributed by atoms with E-state index < -0.39 is 206 Å². The molecule has 2 atom stereocenters. The van der Waals surface area contributed by atoms with Gasteiger partial charge >= 0.3 is 0 Å². The third-order valence-electron chi connectivity index (χ3n) is 11.1. The summed E-state index contributed by atoms with van der Waals surface area (Å²) < 4.78 is 303. The highest BCUT2D eigenvalue weighted by atomic mass is 19.2. The number of H-pyrrole nitrogens is 2. The lowest BCUT2D eigenvalue weighted by molar-refractivity contribution is 0.375. The number of rotatable bonds is 4. The van der Waals surface area contributed by atoms with Crippen molar-refractivity contribution in [2.45, 2.75) is 12.1 Å². The zero-order valence-corrected chi connectivity index (χ0v) is 32.3. The summed E-state index contributed by atoms with van der Waals surface area (Å²) in [7, 11) is 0. The molecule has 0 fully saturated rings. The highest BCUT2D eigenvalue weighted by Crippen LogP contribution is 2.41. The second-order valence-electron chi connectivity index (χ2n) is 14.7. The molecule has 68 heavy (non-hydrogen) atoms. The van der Waals surface area contributed by atoms with Crippen LogP contribution in [0, 0.1) is 116 Å². The summed E-state index contributed by atoms with van der Waals surface area (Å²) in [4.78, 5) is 4.60. The normalized spacial score (nSPS) is 16.8. The molecule has 8 bridgehead atoms. The Balaban J connectivity index is 1.48. The number of aromatic nitrogens is 2. The van der Waals surface area contributed by atoms with Crippen molar-refractivity contribution < 1.29 is 87.8 Å². The first-order chi connectivity index (χ1) is 32.1. The number of fused-ring (bicyclic) bond motifs is 8. The minimum absolute atomic E-state index is 0.678. The van der Waals surface area contributed by atoms with Crippen LogP contribution in [0.1, 0.15) is 33.6 Å². The van der Waals surface area contributed by atoms with Crippen LogP contribution in [0.25, 0.3) is 22.3 Å². The van der Waals surface area contributed by atoms with E-state index in [0.717, 1.165) is 12.2 Å². The van der Waals surface area contributed by atoms with E-state index in [0.29, 0.717) is 36.4 Å². The van der Waals surface area contributed by atoms with Gasteiger partial charge in [-0.05, 0) is 36.4 Å². The first-order valence-corrected chi connectivity index (χ1v) is 18.7. The number of halogens is 20. The average molecular weight is 979 g/mol. The molecule has 350 valence electrons. The molecule has 0 saturated carbocycles. The molecule has 24 heteroatoms. The lowest BCUT2D eigenvalue weighted by Gasteiger charge is -2.21. The van der Waals surface area contributed by atoms with Crippen LogP contribution in [0.3, 0.4) is 0 Å². The van der Waals surface area contributed by atoms with E-state index in [4.69, 9.17) is 0 Å². The van der Waals surface area contributed by atoms with Crippen LogP contribution in [-0.2, 0) is 0 Å². The van der Waals surface area contributed by atoms with E-state index in [9.17, 15) is 52.7 Å². The summed E-state index contributed by atoms with van der Waals surface area (Å²) >= 11 is 0. The van der Waals surface area contributed by atoms with Gasteiger partial charge in [0, 0.05) is 55.8 Å². The highest BCUT2D eigenvalue weighted by Gasteiger charge is 2.39. The maximum Gasteiger partial charge on any atom is 0.200 e. The van der Waals surface area contributed by atoms with Gasteiger partial charge in [-0.2, -0.15) is 0 Å². The van der Waals surface area contributed by atoms with Gasteiger partial charge in [-0.3, -0.25) is 0 Å². The quantitative estimate of drug-likeness (QED) is 0.0809. The third kappa shape index (κ3) is 6.46. The largest absolute Gasteiger partial charge is 0.374 e. The molecule has 0 amide bonds. The zero-order chi connectivity index (χ0) is 49.3. The Morgan fingerprint density at radius 1 is 0.279 bits per heavy atom. The van der Waals surface area contributed by atoms with Crippen LogP contribution in [0.4, 0.5) is 87.8 Å². The molecule has 2 unspecified atom stereocenters. The van der Waals surface area contributed by atoms with Crippen molar-refractivity contribution in [3.63, 3.8) is 0 Å². The predicted molar refractivity (Wildman–Crippen MR) is 195 cm³/mol. The number of aromatic amines is 2. The van der Waals surface area contributed by atoms with Gasteiger partial charge in [0.1, 0.15) is 0 Å². The summed E-state index contributed by atoms with van der Waals surface area (Å²) in [6.07, 6.45) is 2.91. The summed E-state index contributed by atoms with van der Waals surface area (Å²) in [5.41, 5.74) is -15.3. The number of nitrogens with one attached hydrogen (secondary N) is 4. The van der Waals surface area contributed by atoms with Crippen LogP contribution in [-0.4, -0.2) is 22.1 Å². The summed E-state index contributed by atoms with van der Waals surface area (Å²) in [5.74, 6) is -51.9. The van der Waals surface area contributed by atoms with E-state index >= 15 is 35.1 Å².